The molecule has 0 saturated heterocycles. The van der Waals surface area contributed by atoms with Gasteiger partial charge in [0, 0.05) is 29.7 Å². The Kier molecular flexibility index (Phi) is 10.5. The lowest BCUT2D eigenvalue weighted by atomic mass is 9.83. The molecule has 1 heterocycles. The van der Waals surface area contributed by atoms with Gasteiger partial charge in [-0.3, -0.25) is 14.4 Å². The number of Topliss-reactive ketones (excluding diaryl/α,β-unsaturated/α-hetero) is 1. The van der Waals surface area contributed by atoms with Crippen molar-refractivity contribution in [3.63, 3.8) is 0 Å². The molecule has 8 heteroatoms. The number of aliphatic carboxylic acids is 1. The second-order valence-electron chi connectivity index (χ2n) is 7.25. The molecule has 0 radical (unpaired) electrons. The van der Waals surface area contributed by atoms with Gasteiger partial charge in [-0.2, -0.15) is 0 Å². The number of aryl methyl sites for hydroxylation is 2. The molecule has 0 aliphatic carbocycles. The van der Waals surface area contributed by atoms with Crippen LogP contribution in [0.15, 0.2) is 65.6 Å². The van der Waals surface area contributed by atoms with Crippen molar-refractivity contribution in [3.8, 4) is 0 Å². The minimum absolute atomic E-state index is 0. The molecule has 0 amide bonds. The number of aromatic nitrogens is 1. The third kappa shape index (κ3) is 6.88. The van der Waals surface area contributed by atoms with Crippen molar-refractivity contribution in [2.24, 2.45) is 5.90 Å². The molecular weight excluding hydrogens is 432 g/mol. The highest BCUT2D eigenvalue weighted by Gasteiger charge is 2.21. The summed E-state index contributed by atoms with van der Waals surface area (Å²) in [6.45, 7) is 3.69. The highest BCUT2D eigenvalue weighted by molar-refractivity contribution is 5.96. The monoisotopic (exact) mass is 458 g/mol. The maximum atomic E-state index is 13.0. The van der Waals surface area contributed by atoms with Gasteiger partial charge in [0.25, 0.3) is 5.56 Å². The first kappa shape index (κ1) is 26.8. The van der Waals surface area contributed by atoms with E-state index in [9.17, 15) is 14.4 Å². The molecule has 0 spiro atoms. The van der Waals surface area contributed by atoms with E-state index in [1.807, 2.05) is 43.3 Å². The van der Waals surface area contributed by atoms with E-state index in [0.29, 0.717) is 16.7 Å². The van der Waals surface area contributed by atoms with Crippen LogP contribution in [-0.2, 0) is 11.2 Å². The minimum Gasteiger partial charge on any atom is -0.481 e. The molecule has 170 valence electrons. The van der Waals surface area contributed by atoms with E-state index < -0.39 is 5.97 Å². The molecule has 0 unspecified atom stereocenters. The highest BCUT2D eigenvalue weighted by atomic mass is 35.5. The van der Waals surface area contributed by atoms with E-state index in [0.717, 1.165) is 16.7 Å². The number of hydrogen-bond acceptors (Lipinski definition) is 5. The lowest BCUT2D eigenvalue weighted by Crippen LogP contribution is -2.14. The van der Waals surface area contributed by atoms with Crippen molar-refractivity contribution in [1.29, 1.82) is 0 Å². The topological polar surface area (TPSA) is 133 Å². The van der Waals surface area contributed by atoms with E-state index in [1.165, 1.54) is 6.20 Å². The summed E-state index contributed by atoms with van der Waals surface area (Å²) in [4.78, 5) is 38.1. The number of aromatic amines is 1. The maximum absolute atomic E-state index is 13.0. The highest BCUT2D eigenvalue weighted by Crippen LogP contribution is 2.31. The zero-order chi connectivity index (χ0) is 23.0. The largest absolute Gasteiger partial charge is 0.481 e. The fourth-order valence-electron chi connectivity index (χ4n) is 3.49. The van der Waals surface area contributed by atoms with Gasteiger partial charge in [0.2, 0.25) is 0 Å². The van der Waals surface area contributed by atoms with Gasteiger partial charge in [0.15, 0.2) is 5.78 Å². The lowest BCUT2D eigenvalue weighted by molar-refractivity contribution is -0.136. The van der Waals surface area contributed by atoms with Crippen molar-refractivity contribution in [2.45, 2.75) is 32.6 Å². The van der Waals surface area contributed by atoms with Gasteiger partial charge in [-0.05, 0) is 42.2 Å². The average molecular weight is 459 g/mol. The van der Waals surface area contributed by atoms with E-state index in [4.69, 9.17) is 10.3 Å². The normalized spacial score (nSPS) is 10.9. The summed E-state index contributed by atoms with van der Waals surface area (Å²) in [7, 11) is 0. The first-order chi connectivity index (χ1) is 14.8. The summed E-state index contributed by atoms with van der Waals surface area (Å²) in [5.74, 6) is 2.39. The van der Waals surface area contributed by atoms with Gasteiger partial charge in [0.1, 0.15) is 0 Å². The van der Waals surface area contributed by atoms with Crippen molar-refractivity contribution < 1.29 is 19.9 Å². The van der Waals surface area contributed by atoms with Gasteiger partial charge in [-0.25, -0.2) is 5.90 Å². The van der Waals surface area contributed by atoms with Gasteiger partial charge >= 0.3 is 5.97 Å². The number of carboxylic acid groups (broad SMARTS) is 1. The molecule has 0 bridgehead atoms. The van der Waals surface area contributed by atoms with Crippen LogP contribution in [0, 0.1) is 13.8 Å². The number of nitrogens with two attached hydrogens (primary N) is 1. The number of H-pyrrole nitrogens is 1. The average Bonchev–Trinajstić information content (AvgIpc) is 2.76. The number of hydrogen-bond donors (Lipinski definition) is 4. The summed E-state index contributed by atoms with van der Waals surface area (Å²) in [5, 5.41) is 15.5. The zero-order valence-corrected chi connectivity index (χ0v) is 18.7. The second kappa shape index (κ2) is 12.6. The second-order valence-corrected chi connectivity index (χ2v) is 7.25. The Morgan fingerprint density at radius 1 is 1.00 bits per heavy atom. The minimum atomic E-state index is -0.878. The van der Waals surface area contributed by atoms with Crippen molar-refractivity contribution in [1.82, 2.24) is 4.98 Å². The molecule has 0 aliphatic rings. The first-order valence-corrected chi connectivity index (χ1v) is 9.69. The molecular formula is C24H27ClN2O5. The van der Waals surface area contributed by atoms with Gasteiger partial charge in [-0.15, -0.1) is 12.4 Å². The number of halogens is 1. The van der Waals surface area contributed by atoms with Crippen molar-refractivity contribution in [3.05, 3.63) is 105 Å². The zero-order valence-electron chi connectivity index (χ0n) is 17.9. The number of rotatable bonds is 7. The molecule has 3 aromatic rings. The lowest BCUT2D eigenvalue weighted by Gasteiger charge is -2.20. The number of ketones is 1. The fraction of sp³-hybridized carbons (Fsp3) is 0.208. The van der Waals surface area contributed by atoms with Crippen LogP contribution in [0.25, 0.3) is 0 Å². The number of nitrogens with one attached hydrogen (secondary N) is 1. The predicted molar refractivity (Wildman–Crippen MR) is 125 cm³/mol. The Bertz CT molecular complexity index is 1110. The SMILES string of the molecule is Cc1ccccc1[C@H](CC(=O)c1c[nH]c(=O)c(C)c1)c1ccc(CC(=O)O)cc1.Cl.NO. The molecule has 2 aromatic carbocycles. The number of benzene rings is 2. The van der Waals surface area contributed by atoms with Crippen LogP contribution in [0.4, 0.5) is 0 Å². The van der Waals surface area contributed by atoms with Crippen molar-refractivity contribution in [2.75, 3.05) is 0 Å². The molecule has 5 N–H and O–H groups in total. The maximum Gasteiger partial charge on any atom is 0.307 e. The Morgan fingerprint density at radius 2 is 1.62 bits per heavy atom. The molecule has 3 rings (SSSR count). The predicted octanol–water partition coefficient (Wildman–Crippen LogP) is 3.78. The third-order valence-corrected chi connectivity index (χ3v) is 5.10. The number of pyridine rings is 1. The van der Waals surface area contributed by atoms with E-state index in [1.54, 1.807) is 25.1 Å². The number of carbonyl (C=O) groups excluding carboxylic acids is 1. The van der Waals surface area contributed by atoms with Gasteiger partial charge < -0.3 is 15.3 Å². The molecule has 0 saturated carbocycles. The summed E-state index contributed by atoms with van der Waals surface area (Å²) < 4.78 is 0. The molecule has 1 aromatic heterocycles. The molecule has 7 nitrogen and oxygen atoms in total. The summed E-state index contributed by atoms with van der Waals surface area (Å²) >= 11 is 0. The molecule has 0 aliphatic heterocycles. The van der Waals surface area contributed by atoms with Crippen LogP contribution in [0.2, 0.25) is 0 Å². The Balaban J connectivity index is 0.00000166. The van der Waals surface area contributed by atoms with Crippen molar-refractivity contribution >= 4 is 24.2 Å². The van der Waals surface area contributed by atoms with E-state index in [2.05, 4.69) is 10.9 Å². The summed E-state index contributed by atoms with van der Waals surface area (Å²) in [6, 6.07) is 16.9. The van der Waals surface area contributed by atoms with Crippen LogP contribution in [-0.4, -0.2) is 27.1 Å². The van der Waals surface area contributed by atoms with Gasteiger partial charge in [0.05, 0.1) is 6.42 Å². The Morgan fingerprint density at radius 3 is 2.19 bits per heavy atom. The molecule has 32 heavy (non-hydrogen) atoms. The Hall–Kier alpha value is -3.26. The Labute approximate surface area is 192 Å². The number of carboxylic acids is 1. The van der Waals surface area contributed by atoms with E-state index in [-0.39, 0.29) is 42.5 Å². The smallest absolute Gasteiger partial charge is 0.307 e. The summed E-state index contributed by atoms with van der Waals surface area (Å²) in [5.41, 5.74) is 4.57. The fourth-order valence-corrected chi connectivity index (χ4v) is 3.49. The first-order valence-electron chi connectivity index (χ1n) is 9.69. The van der Waals surface area contributed by atoms with Crippen LogP contribution in [0.3, 0.4) is 0 Å². The van der Waals surface area contributed by atoms with Gasteiger partial charge in [-0.1, -0.05) is 48.5 Å². The molecule has 0 fully saturated rings. The van der Waals surface area contributed by atoms with Crippen LogP contribution >= 0.6 is 12.4 Å². The van der Waals surface area contributed by atoms with Crippen LogP contribution in [0.1, 0.15) is 50.5 Å². The number of carbonyl (C=O) groups is 2. The molecule has 1 atom stereocenters. The van der Waals surface area contributed by atoms with Crippen LogP contribution < -0.4 is 11.5 Å². The summed E-state index contributed by atoms with van der Waals surface area (Å²) in [6.07, 6.45) is 1.67. The van der Waals surface area contributed by atoms with Crippen LogP contribution in [0.5, 0.6) is 0 Å². The van der Waals surface area contributed by atoms with E-state index >= 15 is 0 Å². The third-order valence-electron chi connectivity index (χ3n) is 5.10. The standard InChI is InChI=1S/C24H23NO4.ClH.H3NO/c1-15-5-3-4-6-20(15)21(18-9-7-17(8-10-18)12-23(27)28)13-22(26)19-11-16(2)24(29)25-14-19;;1-2/h3-11,14,21H,12-13H2,1-2H3,(H,25,29)(H,27,28);1H;2H,1H2/t21-;;/m1../s1. The quantitative estimate of drug-likeness (QED) is 0.314.